The number of carbonyl (C=O) groups excluding carboxylic acids is 1. The maximum atomic E-state index is 14.8. The van der Waals surface area contributed by atoms with Gasteiger partial charge >= 0.3 is 6.18 Å². The van der Waals surface area contributed by atoms with Gasteiger partial charge in [-0.3, -0.25) is 9.69 Å². The van der Waals surface area contributed by atoms with Crippen molar-refractivity contribution in [1.82, 2.24) is 14.9 Å². The molecule has 1 aliphatic rings. The normalized spacial score (nSPS) is 16.2. The summed E-state index contributed by atoms with van der Waals surface area (Å²) in [4.78, 5) is 22.8. The maximum absolute atomic E-state index is 14.8. The second-order valence-electron chi connectivity index (χ2n) is 9.55. The zero-order valence-electron chi connectivity index (χ0n) is 22.7. The fourth-order valence-electron chi connectivity index (χ4n) is 4.42. The van der Waals surface area contributed by atoms with Crippen molar-refractivity contribution in [3.8, 4) is 5.75 Å². The topological polar surface area (TPSA) is 109 Å². The number of alkyl halides is 3. The Bertz CT molecular complexity index is 1440. The molecular formula is C28H30F5N5O4. The number of carbonyl (C=O) groups is 1. The van der Waals surface area contributed by atoms with Crippen LogP contribution >= 0.6 is 0 Å². The van der Waals surface area contributed by atoms with Gasteiger partial charge in [0.2, 0.25) is 0 Å². The van der Waals surface area contributed by atoms with E-state index in [2.05, 4.69) is 20.6 Å². The smallest absolute Gasteiger partial charge is 0.422 e. The average Bonchev–Trinajstić information content (AvgIpc) is 3.42. The predicted molar refractivity (Wildman–Crippen MR) is 146 cm³/mol. The van der Waals surface area contributed by atoms with Gasteiger partial charge in [0.15, 0.2) is 12.4 Å². The minimum absolute atomic E-state index is 0.104. The molecule has 1 unspecified atom stereocenters. The van der Waals surface area contributed by atoms with E-state index in [0.29, 0.717) is 37.2 Å². The Kier molecular flexibility index (Phi) is 10.2. The molecule has 1 amide bonds. The number of amides is 1. The first kappa shape index (κ1) is 31.1. The molecule has 0 bridgehead atoms. The van der Waals surface area contributed by atoms with Crippen molar-refractivity contribution in [1.29, 1.82) is 0 Å². The van der Waals surface area contributed by atoms with Crippen molar-refractivity contribution in [2.24, 2.45) is 0 Å². The van der Waals surface area contributed by atoms with Gasteiger partial charge in [-0.2, -0.15) is 13.2 Å². The predicted octanol–water partition coefficient (Wildman–Crippen LogP) is 4.89. The number of nitrogens with one attached hydrogen (secondary N) is 2. The van der Waals surface area contributed by atoms with Gasteiger partial charge in [0.1, 0.15) is 23.7 Å². The van der Waals surface area contributed by atoms with Crippen LogP contribution < -0.4 is 15.4 Å². The van der Waals surface area contributed by atoms with Crippen LogP contribution in [0, 0.1) is 5.82 Å². The summed E-state index contributed by atoms with van der Waals surface area (Å²) in [6.45, 7) is 1.43. The third-order valence-electron chi connectivity index (χ3n) is 6.49. The van der Waals surface area contributed by atoms with Crippen LogP contribution in [0.2, 0.25) is 0 Å². The van der Waals surface area contributed by atoms with Gasteiger partial charge < -0.3 is 25.2 Å². The molecule has 0 saturated carbocycles. The number of fused-ring (bicyclic) bond motifs is 1. The van der Waals surface area contributed by atoms with E-state index < -0.39 is 24.5 Å². The lowest BCUT2D eigenvalue weighted by atomic mass is 10.1. The highest BCUT2D eigenvalue weighted by Gasteiger charge is 2.29. The molecule has 1 saturated heterocycles. The van der Waals surface area contributed by atoms with Gasteiger partial charge in [-0.25, -0.2) is 18.7 Å². The molecule has 1 fully saturated rings. The Hall–Kier alpha value is -3.88. The van der Waals surface area contributed by atoms with Gasteiger partial charge in [-0.05, 0) is 48.7 Å². The van der Waals surface area contributed by atoms with E-state index in [1.165, 1.54) is 30.6 Å². The summed E-state index contributed by atoms with van der Waals surface area (Å²) >= 11 is 0. The second-order valence-corrected chi connectivity index (χ2v) is 9.55. The highest BCUT2D eigenvalue weighted by molar-refractivity contribution is 6.05. The Morgan fingerprint density at radius 3 is 2.79 bits per heavy atom. The summed E-state index contributed by atoms with van der Waals surface area (Å²) in [6.07, 6.45) is -1.40. The lowest BCUT2D eigenvalue weighted by Crippen LogP contribution is -2.25. The number of aliphatic hydroxyl groups excluding tert-OH is 1. The zero-order chi connectivity index (χ0) is 30.3. The molecule has 2 heterocycles. The second kappa shape index (κ2) is 13.9. The van der Waals surface area contributed by atoms with Crippen LogP contribution in [0.3, 0.4) is 0 Å². The van der Waals surface area contributed by atoms with Crippen molar-refractivity contribution in [3.05, 3.63) is 59.9 Å². The summed E-state index contributed by atoms with van der Waals surface area (Å²) in [6, 6.07) is 6.84. The molecule has 1 aromatic heterocycles. The number of aryl methyl sites for hydroxylation is 1. The molecule has 1 atom stereocenters. The van der Waals surface area contributed by atoms with Crippen LogP contribution in [0.15, 0.2) is 48.6 Å². The molecule has 9 nitrogen and oxygen atoms in total. The third-order valence-corrected chi connectivity index (χ3v) is 6.49. The number of halogens is 5. The largest absolute Gasteiger partial charge is 0.482 e. The molecule has 0 aliphatic carbocycles. The van der Waals surface area contributed by atoms with Crippen molar-refractivity contribution < 1.29 is 41.3 Å². The van der Waals surface area contributed by atoms with E-state index in [4.69, 9.17) is 14.6 Å². The molecule has 3 N–H and O–H groups in total. The van der Waals surface area contributed by atoms with E-state index in [1.54, 1.807) is 13.0 Å². The molecule has 4 rings (SSSR count). The summed E-state index contributed by atoms with van der Waals surface area (Å²) < 4.78 is 78.0. The van der Waals surface area contributed by atoms with Gasteiger partial charge in [-0.1, -0.05) is 6.92 Å². The lowest BCUT2D eigenvalue weighted by molar-refractivity contribution is -0.153. The van der Waals surface area contributed by atoms with Gasteiger partial charge in [0.25, 0.3) is 5.91 Å². The minimum Gasteiger partial charge on any atom is -0.482 e. The quantitative estimate of drug-likeness (QED) is 0.201. The zero-order valence-corrected chi connectivity index (χ0v) is 22.7. The van der Waals surface area contributed by atoms with Crippen LogP contribution in [0.5, 0.6) is 5.75 Å². The SMILES string of the molecule is CCc1cc(Nc2ncnc3cc(OCC(F)(F)F)c(NC(=O)/C(F)=C\CN4CCC(OCCO)C4)cc23)ccc1F. The third kappa shape index (κ3) is 8.33. The summed E-state index contributed by atoms with van der Waals surface area (Å²) in [5, 5.41) is 14.5. The number of anilines is 3. The molecule has 226 valence electrons. The number of benzene rings is 2. The van der Waals surface area contributed by atoms with E-state index in [9.17, 15) is 26.7 Å². The fourth-order valence-corrected chi connectivity index (χ4v) is 4.42. The van der Waals surface area contributed by atoms with Crippen molar-refractivity contribution >= 4 is 34.0 Å². The number of ether oxygens (including phenoxy) is 2. The van der Waals surface area contributed by atoms with E-state index in [-0.39, 0.29) is 59.8 Å². The molecule has 0 radical (unpaired) electrons. The van der Waals surface area contributed by atoms with Crippen LogP contribution in [-0.2, 0) is 16.0 Å². The average molecular weight is 596 g/mol. The van der Waals surface area contributed by atoms with Crippen LogP contribution in [0.25, 0.3) is 10.9 Å². The maximum Gasteiger partial charge on any atom is 0.422 e. The molecule has 14 heteroatoms. The Labute approximate surface area is 238 Å². The van der Waals surface area contributed by atoms with Crippen LogP contribution in [0.1, 0.15) is 18.9 Å². The van der Waals surface area contributed by atoms with Crippen LogP contribution in [0.4, 0.5) is 39.1 Å². The lowest BCUT2D eigenvalue weighted by Gasteiger charge is -2.16. The van der Waals surface area contributed by atoms with Gasteiger partial charge in [0, 0.05) is 36.8 Å². The molecule has 1 aliphatic heterocycles. The Morgan fingerprint density at radius 1 is 1.24 bits per heavy atom. The van der Waals surface area contributed by atoms with Crippen LogP contribution in [-0.4, -0.2) is 77.6 Å². The number of rotatable bonds is 12. The van der Waals surface area contributed by atoms with Crippen molar-refractivity contribution in [2.75, 3.05) is 50.1 Å². The number of aromatic nitrogens is 2. The summed E-state index contributed by atoms with van der Waals surface area (Å²) in [5.41, 5.74) is 0.906. The highest BCUT2D eigenvalue weighted by Crippen LogP contribution is 2.35. The van der Waals surface area contributed by atoms with E-state index in [1.807, 2.05) is 4.90 Å². The Balaban J connectivity index is 1.57. The first-order valence-corrected chi connectivity index (χ1v) is 13.2. The highest BCUT2D eigenvalue weighted by atomic mass is 19.4. The van der Waals surface area contributed by atoms with Crippen molar-refractivity contribution in [3.63, 3.8) is 0 Å². The van der Waals surface area contributed by atoms with Gasteiger partial charge in [0.05, 0.1) is 30.5 Å². The Morgan fingerprint density at radius 2 is 2.05 bits per heavy atom. The van der Waals surface area contributed by atoms with E-state index >= 15 is 0 Å². The van der Waals surface area contributed by atoms with Crippen molar-refractivity contribution in [2.45, 2.75) is 32.0 Å². The summed E-state index contributed by atoms with van der Waals surface area (Å²) in [7, 11) is 0. The summed E-state index contributed by atoms with van der Waals surface area (Å²) in [5.74, 6) is -2.85. The standard InChI is InChI=1S/C28H30F5N5O4/c1-2-17-11-18(3-4-21(17)29)36-26-20-12-24(25(42-15-28(31,32)33)13-23(20)34-16-35-26)37-27(40)22(30)6-8-38-7-5-19(14-38)41-10-9-39/h3-4,6,11-13,16,19,39H,2,5,7-10,14-15H2,1H3,(H,37,40)(H,34,35,36)/b22-6+. The molecule has 3 aromatic rings. The van der Waals surface area contributed by atoms with E-state index in [0.717, 1.165) is 6.08 Å². The molecule has 2 aromatic carbocycles. The monoisotopic (exact) mass is 595 g/mol. The number of hydrogen-bond acceptors (Lipinski definition) is 8. The number of likely N-dealkylation sites (tertiary alicyclic amines) is 1. The molecule has 42 heavy (non-hydrogen) atoms. The number of hydrogen-bond donors (Lipinski definition) is 3. The first-order valence-electron chi connectivity index (χ1n) is 13.2. The fraction of sp³-hybridized carbons (Fsp3) is 0.393. The molecular weight excluding hydrogens is 565 g/mol. The number of aliphatic hydroxyl groups is 1. The molecule has 0 spiro atoms. The number of nitrogens with zero attached hydrogens (tertiary/aromatic N) is 3. The van der Waals surface area contributed by atoms with Gasteiger partial charge in [-0.15, -0.1) is 0 Å². The first-order chi connectivity index (χ1) is 20.1. The minimum atomic E-state index is -4.67.